The average molecular weight is 378 g/mol. The second kappa shape index (κ2) is 6.90. The van der Waals surface area contributed by atoms with Crippen molar-refractivity contribution >= 4 is 32.6 Å². The minimum absolute atomic E-state index is 0.0370. The molecule has 0 fully saturated rings. The topological polar surface area (TPSA) is 65.5 Å². The first kappa shape index (κ1) is 17.5. The molecule has 0 bridgehead atoms. The summed E-state index contributed by atoms with van der Waals surface area (Å²) < 4.78 is 36.0. The molecule has 130 valence electrons. The molecule has 0 N–H and O–H groups in total. The van der Waals surface area contributed by atoms with Gasteiger partial charge in [0, 0.05) is 17.1 Å². The summed E-state index contributed by atoms with van der Waals surface area (Å²) in [6.45, 7) is 3.99. The van der Waals surface area contributed by atoms with E-state index in [-0.39, 0.29) is 10.6 Å². The van der Waals surface area contributed by atoms with Crippen molar-refractivity contribution in [3.05, 3.63) is 59.2 Å². The first-order valence-corrected chi connectivity index (χ1v) is 9.42. The minimum Gasteiger partial charge on any atom is -0.492 e. The van der Waals surface area contributed by atoms with E-state index in [1.807, 2.05) is 25.1 Å². The predicted molar refractivity (Wildman–Crippen MR) is 96.9 cm³/mol. The van der Waals surface area contributed by atoms with Crippen molar-refractivity contribution in [2.24, 2.45) is 0 Å². The highest BCUT2D eigenvalue weighted by Gasteiger charge is 2.20. The Morgan fingerprint density at radius 1 is 1.08 bits per heavy atom. The molecule has 0 aliphatic rings. The zero-order valence-electron chi connectivity index (χ0n) is 13.7. The summed E-state index contributed by atoms with van der Waals surface area (Å²) in [5.41, 5.74) is 1.26. The molecular weight excluding hydrogens is 362 g/mol. The van der Waals surface area contributed by atoms with Crippen LogP contribution in [0.1, 0.15) is 12.6 Å². The van der Waals surface area contributed by atoms with Gasteiger partial charge < -0.3 is 8.92 Å². The van der Waals surface area contributed by atoms with Gasteiger partial charge in [0.05, 0.1) is 11.6 Å². The number of fused-ring (bicyclic) bond motifs is 1. The normalized spacial score (nSPS) is 11.5. The van der Waals surface area contributed by atoms with E-state index in [1.165, 1.54) is 18.2 Å². The van der Waals surface area contributed by atoms with Crippen LogP contribution in [0.3, 0.4) is 0 Å². The molecule has 0 radical (unpaired) electrons. The lowest BCUT2D eigenvalue weighted by atomic mass is 10.2. The van der Waals surface area contributed by atoms with Gasteiger partial charge >= 0.3 is 10.1 Å². The number of para-hydroxylation sites is 1. The van der Waals surface area contributed by atoms with Crippen LogP contribution in [0.25, 0.3) is 10.9 Å². The monoisotopic (exact) mass is 377 g/mol. The van der Waals surface area contributed by atoms with Crippen LogP contribution in [0.5, 0.6) is 11.5 Å². The molecule has 7 heteroatoms. The smallest absolute Gasteiger partial charge is 0.339 e. The summed E-state index contributed by atoms with van der Waals surface area (Å²) in [6.07, 6.45) is 0. The molecule has 1 heterocycles. The second-order valence-electron chi connectivity index (χ2n) is 5.34. The molecule has 0 amide bonds. The Morgan fingerprint density at radius 3 is 2.64 bits per heavy atom. The Hall–Kier alpha value is -2.31. The molecule has 0 aliphatic heterocycles. The Kier molecular flexibility index (Phi) is 4.83. The van der Waals surface area contributed by atoms with Crippen LogP contribution in [0.4, 0.5) is 0 Å². The fourth-order valence-corrected chi connectivity index (χ4v) is 3.48. The quantitative estimate of drug-likeness (QED) is 0.618. The van der Waals surface area contributed by atoms with Crippen LogP contribution in [0.2, 0.25) is 5.02 Å². The zero-order valence-corrected chi connectivity index (χ0v) is 15.3. The lowest BCUT2D eigenvalue weighted by Gasteiger charge is -2.11. The second-order valence-corrected chi connectivity index (χ2v) is 7.30. The number of hydrogen-bond donors (Lipinski definition) is 0. The van der Waals surface area contributed by atoms with Crippen molar-refractivity contribution in [1.29, 1.82) is 0 Å². The fraction of sp³-hybridized carbons (Fsp3) is 0.167. The largest absolute Gasteiger partial charge is 0.492 e. The number of hydrogen-bond acceptors (Lipinski definition) is 5. The van der Waals surface area contributed by atoms with Gasteiger partial charge in [0.2, 0.25) is 0 Å². The maximum absolute atomic E-state index is 12.6. The third-order valence-electron chi connectivity index (χ3n) is 3.51. The maximum atomic E-state index is 12.6. The minimum atomic E-state index is -4.05. The lowest BCUT2D eigenvalue weighted by molar-refractivity contribution is 0.339. The van der Waals surface area contributed by atoms with Crippen molar-refractivity contribution in [2.75, 3.05) is 6.61 Å². The van der Waals surface area contributed by atoms with E-state index in [4.69, 9.17) is 20.5 Å². The maximum Gasteiger partial charge on any atom is 0.339 e. The van der Waals surface area contributed by atoms with Crippen molar-refractivity contribution in [3.8, 4) is 11.5 Å². The van der Waals surface area contributed by atoms with Gasteiger partial charge in [-0.1, -0.05) is 29.8 Å². The molecule has 0 saturated heterocycles. The number of rotatable bonds is 5. The van der Waals surface area contributed by atoms with Crippen LogP contribution < -0.4 is 8.92 Å². The molecule has 3 aromatic rings. The Labute approximate surface area is 151 Å². The SMILES string of the molecule is CCOc1cc(S(=O)(=O)Oc2cccc3ccc(C)nc23)ccc1Cl. The molecule has 2 aromatic carbocycles. The van der Waals surface area contributed by atoms with Crippen molar-refractivity contribution in [3.63, 3.8) is 0 Å². The van der Waals surface area contributed by atoms with E-state index in [0.717, 1.165) is 11.1 Å². The zero-order chi connectivity index (χ0) is 18.0. The molecule has 5 nitrogen and oxygen atoms in total. The molecule has 0 spiro atoms. The van der Waals surface area contributed by atoms with Gasteiger partial charge in [-0.05, 0) is 38.1 Å². The van der Waals surface area contributed by atoms with E-state index in [2.05, 4.69) is 4.98 Å². The summed E-state index contributed by atoms with van der Waals surface area (Å²) in [4.78, 5) is 4.34. The van der Waals surface area contributed by atoms with E-state index in [9.17, 15) is 8.42 Å². The lowest BCUT2D eigenvalue weighted by Crippen LogP contribution is -2.10. The molecule has 3 rings (SSSR count). The number of halogens is 1. The molecule has 0 unspecified atom stereocenters. The van der Waals surface area contributed by atoms with E-state index in [1.54, 1.807) is 19.1 Å². The number of aryl methyl sites for hydroxylation is 1. The number of ether oxygens (including phenoxy) is 1. The van der Waals surface area contributed by atoms with E-state index >= 15 is 0 Å². The predicted octanol–water partition coefficient (Wildman–Crippen LogP) is 4.36. The van der Waals surface area contributed by atoms with Crippen LogP contribution in [-0.2, 0) is 10.1 Å². The van der Waals surface area contributed by atoms with Crippen molar-refractivity contribution in [2.45, 2.75) is 18.7 Å². The van der Waals surface area contributed by atoms with E-state index in [0.29, 0.717) is 22.9 Å². The summed E-state index contributed by atoms with van der Waals surface area (Å²) >= 11 is 6.01. The molecule has 0 atom stereocenters. The summed E-state index contributed by atoms with van der Waals surface area (Å²) in [5, 5.41) is 1.13. The van der Waals surface area contributed by atoms with Gasteiger partial charge in [0.25, 0.3) is 0 Å². The van der Waals surface area contributed by atoms with Gasteiger partial charge in [-0.25, -0.2) is 4.98 Å². The highest BCUT2D eigenvalue weighted by molar-refractivity contribution is 7.87. The molecule has 0 saturated carbocycles. The van der Waals surface area contributed by atoms with Crippen molar-refractivity contribution in [1.82, 2.24) is 4.98 Å². The summed E-state index contributed by atoms with van der Waals surface area (Å²) in [6, 6.07) is 13.1. The van der Waals surface area contributed by atoms with Crippen LogP contribution in [0.15, 0.2) is 53.4 Å². The van der Waals surface area contributed by atoms with Crippen LogP contribution in [-0.4, -0.2) is 20.0 Å². The molecule has 0 aliphatic carbocycles. The first-order chi connectivity index (χ1) is 11.9. The average Bonchev–Trinajstić information content (AvgIpc) is 2.57. The number of benzene rings is 2. The van der Waals surface area contributed by atoms with Gasteiger partial charge in [-0.3, -0.25) is 0 Å². The fourth-order valence-electron chi connectivity index (χ4n) is 2.36. The third kappa shape index (κ3) is 3.70. The third-order valence-corrected chi connectivity index (χ3v) is 5.06. The molecule has 25 heavy (non-hydrogen) atoms. The van der Waals surface area contributed by atoms with Crippen LogP contribution in [0, 0.1) is 6.92 Å². The van der Waals surface area contributed by atoms with Gasteiger partial charge in [-0.2, -0.15) is 8.42 Å². The highest BCUT2D eigenvalue weighted by atomic mass is 35.5. The van der Waals surface area contributed by atoms with Crippen LogP contribution >= 0.6 is 11.6 Å². The number of aromatic nitrogens is 1. The number of nitrogens with zero attached hydrogens (tertiary/aromatic N) is 1. The van der Waals surface area contributed by atoms with Gasteiger partial charge in [0.1, 0.15) is 16.2 Å². The van der Waals surface area contributed by atoms with Crippen molar-refractivity contribution < 1.29 is 17.3 Å². The standard InChI is InChI=1S/C18H16ClNO4S/c1-3-23-17-11-14(9-10-15(17)19)25(21,22)24-16-6-4-5-13-8-7-12(2)20-18(13)16/h4-11H,3H2,1-2H3. The van der Waals surface area contributed by atoms with Gasteiger partial charge in [-0.15, -0.1) is 0 Å². The Morgan fingerprint density at radius 2 is 1.88 bits per heavy atom. The summed E-state index contributed by atoms with van der Waals surface area (Å²) in [5.74, 6) is 0.467. The Balaban J connectivity index is 2.03. The molecule has 1 aromatic heterocycles. The first-order valence-electron chi connectivity index (χ1n) is 7.64. The van der Waals surface area contributed by atoms with Gasteiger partial charge in [0.15, 0.2) is 5.75 Å². The number of pyridine rings is 1. The highest BCUT2D eigenvalue weighted by Crippen LogP contribution is 2.31. The Bertz CT molecular complexity index is 1030. The molecular formula is C18H16ClNO4S. The van der Waals surface area contributed by atoms with E-state index < -0.39 is 10.1 Å². The summed E-state index contributed by atoms with van der Waals surface area (Å²) in [7, 11) is -4.05.